The molecule has 0 aliphatic heterocycles. The highest BCUT2D eigenvalue weighted by atomic mass is 32.1. The number of thiocarbonyl (C=S) groups is 1. The normalized spacial score (nSPS) is 26.2. The Morgan fingerprint density at radius 1 is 1.50 bits per heavy atom. The molecule has 96 valence electrons. The van der Waals surface area contributed by atoms with Gasteiger partial charge in [-0.2, -0.15) is 0 Å². The van der Waals surface area contributed by atoms with Gasteiger partial charge in [0.1, 0.15) is 0 Å². The minimum Gasteiger partial charge on any atom is -0.392 e. The number of hydrogen-bond donors (Lipinski definition) is 2. The van der Waals surface area contributed by atoms with Gasteiger partial charge in [0.15, 0.2) is 0 Å². The Hall–Kier alpha value is -1.42. The van der Waals surface area contributed by atoms with E-state index in [-0.39, 0.29) is 5.91 Å². The smallest absolute Gasteiger partial charge is 0.237 e. The van der Waals surface area contributed by atoms with Crippen molar-refractivity contribution < 1.29 is 4.79 Å². The third-order valence-electron chi connectivity index (χ3n) is 3.58. The highest BCUT2D eigenvalue weighted by molar-refractivity contribution is 7.80. The van der Waals surface area contributed by atoms with Gasteiger partial charge >= 0.3 is 0 Å². The molecule has 0 unspecified atom stereocenters. The first-order valence-corrected chi connectivity index (χ1v) is 6.53. The number of benzene rings is 1. The zero-order valence-electron chi connectivity index (χ0n) is 10.7. The quantitative estimate of drug-likeness (QED) is 0.823. The van der Waals surface area contributed by atoms with Crippen molar-refractivity contribution in [3.8, 4) is 0 Å². The van der Waals surface area contributed by atoms with Crippen LogP contribution in [0.3, 0.4) is 0 Å². The lowest BCUT2D eigenvalue weighted by Gasteiger charge is -2.44. The summed E-state index contributed by atoms with van der Waals surface area (Å²) in [5, 5.41) is 2.92. The number of rotatable bonds is 3. The molecule has 1 aromatic rings. The Labute approximate surface area is 113 Å². The maximum absolute atomic E-state index is 12.3. The molecule has 0 heterocycles. The van der Waals surface area contributed by atoms with Crippen molar-refractivity contribution >= 4 is 28.8 Å². The van der Waals surface area contributed by atoms with Gasteiger partial charge in [-0.15, -0.1) is 0 Å². The number of aryl methyl sites for hydroxylation is 1. The molecule has 4 heteroatoms. The fourth-order valence-corrected chi connectivity index (χ4v) is 2.86. The van der Waals surface area contributed by atoms with E-state index in [2.05, 4.69) is 12.2 Å². The fraction of sp³-hybridized carbons (Fsp3) is 0.429. The summed E-state index contributed by atoms with van der Waals surface area (Å²) < 4.78 is 0. The topological polar surface area (TPSA) is 55.1 Å². The molecular formula is C14H18N2OS. The Kier molecular flexibility index (Phi) is 3.39. The molecule has 1 amide bonds. The van der Waals surface area contributed by atoms with Crippen LogP contribution < -0.4 is 11.1 Å². The Bertz CT molecular complexity index is 492. The highest BCUT2D eigenvalue weighted by Crippen LogP contribution is 2.46. The maximum Gasteiger partial charge on any atom is 0.237 e. The minimum atomic E-state index is -0.640. The van der Waals surface area contributed by atoms with Gasteiger partial charge in [-0.3, -0.25) is 4.79 Å². The van der Waals surface area contributed by atoms with E-state index in [0.29, 0.717) is 10.9 Å². The fourth-order valence-electron chi connectivity index (χ4n) is 2.60. The number of amides is 1. The van der Waals surface area contributed by atoms with Gasteiger partial charge in [0.2, 0.25) is 5.91 Å². The van der Waals surface area contributed by atoms with Crippen LogP contribution in [0.1, 0.15) is 25.3 Å². The molecule has 2 rings (SSSR count). The second-order valence-electron chi connectivity index (χ2n) is 5.28. The van der Waals surface area contributed by atoms with Gasteiger partial charge in [-0.05, 0) is 43.4 Å². The molecule has 1 aliphatic rings. The van der Waals surface area contributed by atoms with Gasteiger partial charge in [-0.1, -0.05) is 31.3 Å². The molecule has 1 aliphatic carbocycles. The van der Waals surface area contributed by atoms with Crippen LogP contribution in [-0.4, -0.2) is 10.9 Å². The average molecular weight is 262 g/mol. The maximum atomic E-state index is 12.3. The highest BCUT2D eigenvalue weighted by Gasteiger charge is 2.50. The van der Waals surface area contributed by atoms with Gasteiger partial charge in [0.25, 0.3) is 0 Å². The first-order chi connectivity index (χ1) is 8.44. The van der Waals surface area contributed by atoms with Gasteiger partial charge in [0, 0.05) is 5.69 Å². The number of hydrogen-bond acceptors (Lipinski definition) is 2. The molecule has 3 nitrogen and oxygen atoms in total. The van der Waals surface area contributed by atoms with Gasteiger partial charge < -0.3 is 11.1 Å². The summed E-state index contributed by atoms with van der Waals surface area (Å²) in [7, 11) is 0. The van der Waals surface area contributed by atoms with Crippen molar-refractivity contribution in [1.29, 1.82) is 0 Å². The van der Waals surface area contributed by atoms with Gasteiger partial charge in [0.05, 0.1) is 10.4 Å². The molecule has 0 spiro atoms. The molecule has 1 fully saturated rings. The Balaban J connectivity index is 2.14. The van der Waals surface area contributed by atoms with Crippen LogP contribution in [0.15, 0.2) is 24.3 Å². The summed E-state index contributed by atoms with van der Waals surface area (Å²) in [5.41, 5.74) is 7.02. The first-order valence-electron chi connectivity index (χ1n) is 6.12. The summed E-state index contributed by atoms with van der Waals surface area (Å²) in [5.74, 6) is 0.438. The van der Waals surface area contributed by atoms with Crippen molar-refractivity contribution in [3.63, 3.8) is 0 Å². The first kappa shape index (κ1) is 13.0. The van der Waals surface area contributed by atoms with Crippen LogP contribution in [0, 0.1) is 18.3 Å². The van der Waals surface area contributed by atoms with E-state index in [9.17, 15) is 4.79 Å². The summed E-state index contributed by atoms with van der Waals surface area (Å²) in [4.78, 5) is 12.6. The molecule has 0 aromatic heterocycles. The number of nitrogens with two attached hydrogens (primary N) is 1. The number of anilines is 1. The monoisotopic (exact) mass is 262 g/mol. The summed E-state index contributed by atoms with van der Waals surface area (Å²) >= 11 is 5.07. The van der Waals surface area contributed by atoms with E-state index >= 15 is 0 Å². The lowest BCUT2D eigenvalue weighted by Crippen LogP contribution is -2.53. The molecular weight excluding hydrogens is 244 g/mol. The summed E-state index contributed by atoms with van der Waals surface area (Å²) in [6.45, 7) is 4.10. The van der Waals surface area contributed by atoms with Crippen molar-refractivity contribution in [3.05, 3.63) is 29.8 Å². The number of nitrogens with one attached hydrogen (secondary N) is 1. The van der Waals surface area contributed by atoms with E-state index in [4.69, 9.17) is 18.0 Å². The summed E-state index contributed by atoms with van der Waals surface area (Å²) in [6, 6.07) is 7.72. The van der Waals surface area contributed by atoms with Crippen molar-refractivity contribution in [2.24, 2.45) is 17.1 Å². The van der Waals surface area contributed by atoms with Crippen molar-refractivity contribution in [2.45, 2.75) is 26.7 Å². The third kappa shape index (κ3) is 2.25. The van der Waals surface area contributed by atoms with E-state index in [1.54, 1.807) is 0 Å². The van der Waals surface area contributed by atoms with E-state index in [1.807, 2.05) is 31.2 Å². The average Bonchev–Trinajstić information content (AvgIpc) is 2.23. The molecule has 3 N–H and O–H groups in total. The van der Waals surface area contributed by atoms with Crippen LogP contribution in [0.2, 0.25) is 0 Å². The molecule has 0 saturated heterocycles. The summed E-state index contributed by atoms with van der Waals surface area (Å²) in [6.07, 6.45) is 1.50. The Morgan fingerprint density at radius 3 is 2.67 bits per heavy atom. The van der Waals surface area contributed by atoms with E-state index in [1.165, 1.54) is 0 Å². The minimum absolute atomic E-state index is 0.0706. The third-order valence-corrected chi connectivity index (χ3v) is 3.97. The molecule has 1 aromatic carbocycles. The molecule has 0 radical (unpaired) electrons. The van der Waals surface area contributed by atoms with Crippen LogP contribution in [0.25, 0.3) is 0 Å². The number of carbonyl (C=O) groups excluding carboxylic acids is 1. The zero-order chi connectivity index (χ0) is 13.3. The second kappa shape index (κ2) is 4.69. The lowest BCUT2D eigenvalue weighted by molar-refractivity contribution is -0.127. The predicted molar refractivity (Wildman–Crippen MR) is 77.4 cm³/mol. The second-order valence-corrected chi connectivity index (χ2v) is 5.72. The van der Waals surface area contributed by atoms with E-state index in [0.717, 1.165) is 24.1 Å². The predicted octanol–water partition coefficient (Wildman–Crippen LogP) is 2.64. The van der Waals surface area contributed by atoms with Crippen LogP contribution in [0.4, 0.5) is 5.69 Å². The number of carbonyl (C=O) groups is 1. The molecule has 1 saturated carbocycles. The molecule has 18 heavy (non-hydrogen) atoms. The Morgan fingerprint density at radius 2 is 2.17 bits per heavy atom. The van der Waals surface area contributed by atoms with Crippen molar-refractivity contribution in [2.75, 3.05) is 5.32 Å². The van der Waals surface area contributed by atoms with Crippen molar-refractivity contribution in [1.82, 2.24) is 0 Å². The largest absolute Gasteiger partial charge is 0.392 e. The van der Waals surface area contributed by atoms with Crippen LogP contribution in [0.5, 0.6) is 0 Å². The molecule has 0 atom stereocenters. The standard InChI is InChI=1S/C14H18N2OS/c1-9-4-3-5-11(6-9)16-13(17)14(12(15)18)7-10(2)8-14/h3-6,10H,7-8H2,1-2H3,(H2,15,18)(H,16,17). The zero-order valence-corrected chi connectivity index (χ0v) is 11.5. The lowest BCUT2D eigenvalue weighted by atomic mass is 9.62. The van der Waals surface area contributed by atoms with Crippen LogP contribution in [-0.2, 0) is 4.79 Å². The molecule has 0 bridgehead atoms. The van der Waals surface area contributed by atoms with Crippen LogP contribution >= 0.6 is 12.2 Å². The van der Waals surface area contributed by atoms with E-state index < -0.39 is 5.41 Å². The van der Waals surface area contributed by atoms with Gasteiger partial charge in [-0.25, -0.2) is 0 Å². The SMILES string of the molecule is Cc1cccc(NC(=O)C2(C(N)=S)CC(C)C2)c1.